The van der Waals surface area contributed by atoms with Crippen molar-refractivity contribution < 1.29 is 97.1 Å². The molecule has 2 fully saturated rings. The van der Waals surface area contributed by atoms with E-state index in [1.54, 1.807) is 44.8 Å². The van der Waals surface area contributed by atoms with Crippen molar-refractivity contribution in [2.75, 3.05) is 36.9 Å². The minimum atomic E-state index is -1.67. The number of ketones is 1. The van der Waals surface area contributed by atoms with Crippen LogP contribution < -0.4 is 22.1 Å². The summed E-state index contributed by atoms with van der Waals surface area (Å²) in [5.41, 5.74) is 19.7. The number of ether oxygens (including phenoxy) is 3. The van der Waals surface area contributed by atoms with Crippen LogP contribution in [0.3, 0.4) is 0 Å². The highest BCUT2D eigenvalue weighted by molar-refractivity contribution is 7.80. The summed E-state index contributed by atoms with van der Waals surface area (Å²) in [6, 6.07) is 66.7. The van der Waals surface area contributed by atoms with Crippen molar-refractivity contribution in [3.05, 3.63) is 302 Å². The van der Waals surface area contributed by atoms with Crippen molar-refractivity contribution in [2.24, 2.45) is 28.5 Å². The van der Waals surface area contributed by atoms with E-state index >= 15 is 0 Å². The molecule has 5 atom stereocenters. The van der Waals surface area contributed by atoms with E-state index in [9.17, 15) is 63.0 Å². The van der Waals surface area contributed by atoms with E-state index in [2.05, 4.69) is 84.8 Å². The number of benzene rings is 6. The molecule has 150 heavy (non-hydrogen) atoms. The summed E-state index contributed by atoms with van der Waals surface area (Å²) in [6.45, 7) is 6.94. The number of hydrogen-bond acceptors (Lipinski definition) is 35. The summed E-state index contributed by atoms with van der Waals surface area (Å²) in [4.78, 5) is 164. The smallest absolute Gasteiger partial charge is 0.317 e. The number of rotatable bonds is 33. The lowest BCUT2D eigenvalue weighted by atomic mass is 9.64. The molecule has 18 rings (SSSR count). The zero-order valence-electron chi connectivity index (χ0n) is 81.9. The van der Waals surface area contributed by atoms with Crippen molar-refractivity contribution in [3.63, 3.8) is 0 Å². The number of hydrogen-bond donors (Lipinski definition) is 9. The molecule has 1 saturated carbocycles. The second-order valence-corrected chi connectivity index (χ2v) is 40.4. The fourth-order valence-electron chi connectivity index (χ4n) is 15.9. The van der Waals surface area contributed by atoms with Gasteiger partial charge in [-0.25, -0.2) is 34.9 Å². The van der Waals surface area contributed by atoms with Gasteiger partial charge in [0.2, 0.25) is 5.89 Å². The molecule has 0 amide bonds. The molecule has 6 aromatic carbocycles. The minimum Gasteiger partial charge on any atom is -0.481 e. The summed E-state index contributed by atoms with van der Waals surface area (Å²) in [5, 5.41) is 63.0. The number of esters is 4. The Bertz CT molecular complexity index is 6740. The fourth-order valence-corrected chi connectivity index (χ4v) is 20.9. The third-order valence-corrected chi connectivity index (χ3v) is 29.2. The number of amidine groups is 1. The molecule has 3 aliphatic heterocycles. The second-order valence-electron chi connectivity index (χ2n) is 34.1. The highest BCUT2D eigenvalue weighted by Crippen LogP contribution is 2.49. The van der Waals surface area contributed by atoms with Crippen LogP contribution in [0.15, 0.2) is 247 Å². The van der Waals surface area contributed by atoms with Crippen molar-refractivity contribution in [1.29, 1.82) is 0 Å². The molecule has 0 spiro atoms. The molecule has 11 N–H and O–H groups in total. The predicted molar refractivity (Wildman–Crippen MR) is 582 cm³/mol. The Hall–Kier alpha value is -14.6. The first kappa shape index (κ1) is 117. The number of nitrogens with zero attached hydrogens (tertiary/aromatic N) is 10. The number of carboxylic acids is 3. The number of fused-ring (bicyclic) bond motifs is 2. The van der Waals surface area contributed by atoms with Gasteiger partial charge in [0.15, 0.2) is 17.9 Å². The van der Waals surface area contributed by atoms with Gasteiger partial charge in [-0.15, -0.1) is 80.7 Å². The molecule has 0 bridgehead atoms. The van der Waals surface area contributed by atoms with Crippen LogP contribution in [0.5, 0.6) is 0 Å². The number of aldehydes is 3. The van der Waals surface area contributed by atoms with Crippen LogP contribution in [0.2, 0.25) is 0 Å². The van der Waals surface area contributed by atoms with Crippen LogP contribution in [-0.4, -0.2) is 185 Å². The monoisotopic (exact) mass is 2190 g/mol. The van der Waals surface area contributed by atoms with Gasteiger partial charge in [-0.2, -0.15) is 4.98 Å². The topological polar surface area (TPSA) is 534 Å². The molecule has 784 valence electrons. The number of carbonyl (C=O) groups is 11. The number of aliphatic hydroxyl groups is 1. The van der Waals surface area contributed by atoms with Crippen molar-refractivity contribution in [1.82, 2.24) is 45.0 Å². The molecule has 4 aliphatic rings. The Kier molecular flexibility index (Phi) is 47.5. The number of aryl methyl sites for hydroxylation is 5. The molecule has 1 aliphatic carbocycles. The Morgan fingerprint density at radius 3 is 1.53 bits per heavy atom. The zero-order valence-corrected chi connectivity index (χ0v) is 88.3. The average Bonchev–Trinajstić information content (AvgIpc) is 1.16. The molecular formula is C108H112Cl2N14O20S6. The summed E-state index contributed by atoms with van der Waals surface area (Å²) in [7, 11) is 0. The number of cyclic esters (lactones) is 2. The normalized spacial score (nSPS) is 15.4. The molecule has 0 radical (unpaired) electrons. The summed E-state index contributed by atoms with van der Waals surface area (Å²) >= 11 is 16.7. The Labute approximate surface area is 901 Å². The van der Waals surface area contributed by atoms with E-state index in [1.165, 1.54) is 81.2 Å². The van der Waals surface area contributed by atoms with Gasteiger partial charge in [-0.3, -0.25) is 43.2 Å². The first-order valence-electron chi connectivity index (χ1n) is 47.6. The number of aliphatic carboxylic acids is 3. The van der Waals surface area contributed by atoms with E-state index in [0.717, 1.165) is 155 Å². The van der Waals surface area contributed by atoms with Gasteiger partial charge in [-0.05, 0) is 107 Å². The number of aromatic nitrogens is 9. The van der Waals surface area contributed by atoms with Crippen LogP contribution in [0.4, 0.5) is 11.6 Å². The number of oxime groups is 1. The fraction of sp³-hybridized carbons (Fsp3) is 0.296. The Morgan fingerprint density at radius 2 is 1.04 bits per heavy atom. The van der Waals surface area contributed by atoms with Gasteiger partial charge < -0.3 is 76.1 Å². The molecular weight excluding hydrogens is 2080 g/mol. The largest absolute Gasteiger partial charge is 0.481 e. The highest BCUT2D eigenvalue weighted by Gasteiger charge is 2.58. The Morgan fingerprint density at radius 1 is 0.567 bits per heavy atom. The van der Waals surface area contributed by atoms with Crippen LogP contribution in [-0.2, 0) is 101 Å². The van der Waals surface area contributed by atoms with Crippen molar-refractivity contribution in [3.8, 4) is 52.6 Å². The lowest BCUT2D eigenvalue weighted by molar-refractivity contribution is -0.173. The van der Waals surface area contributed by atoms with Gasteiger partial charge in [0.1, 0.15) is 61.4 Å². The second kappa shape index (κ2) is 60.7. The number of nitrogens with two attached hydrogens (primary N) is 2. The summed E-state index contributed by atoms with van der Waals surface area (Å²) in [6.07, 6.45) is 19.2. The molecule has 14 aromatic rings. The van der Waals surface area contributed by atoms with E-state index in [4.69, 9.17) is 69.7 Å². The third kappa shape index (κ3) is 36.7. The number of anilines is 2. The number of halogens is 2. The first-order chi connectivity index (χ1) is 72.0. The first-order valence-corrected chi connectivity index (χ1v) is 52.6. The van der Waals surface area contributed by atoms with Crippen LogP contribution in [0.25, 0.3) is 52.6 Å². The third-order valence-electron chi connectivity index (χ3n) is 23.0. The van der Waals surface area contributed by atoms with Crippen molar-refractivity contribution in [2.45, 2.75) is 165 Å². The lowest BCUT2D eigenvalue weighted by Crippen LogP contribution is -2.55. The molecule has 11 heterocycles. The summed E-state index contributed by atoms with van der Waals surface area (Å²) < 4.78 is 20.3. The maximum Gasteiger partial charge on any atom is 0.317 e. The predicted octanol–water partition coefficient (Wildman–Crippen LogP) is 19.4. The number of carbonyl (C=O) groups excluding carboxylic acids is 8. The molecule has 42 heteroatoms. The highest BCUT2D eigenvalue weighted by atomic mass is 35.5. The van der Waals surface area contributed by atoms with E-state index in [0.29, 0.717) is 63.4 Å². The van der Waals surface area contributed by atoms with Crippen molar-refractivity contribution >= 4 is 182 Å². The maximum atomic E-state index is 12.9. The minimum absolute atomic E-state index is 0. The van der Waals surface area contributed by atoms with Crippen LogP contribution in [0.1, 0.15) is 184 Å². The quantitative estimate of drug-likeness (QED) is 0.00176. The average molecular weight is 2190 g/mol. The number of Topliss-reactive ketones (excluding diaryl/α,β-unsaturated/α-hetero) is 1. The van der Waals surface area contributed by atoms with Gasteiger partial charge in [-0.1, -0.05) is 217 Å². The van der Waals surface area contributed by atoms with E-state index in [-0.39, 0.29) is 81.8 Å². The maximum absolute atomic E-state index is 12.9. The van der Waals surface area contributed by atoms with Crippen LogP contribution in [0, 0.1) is 11.8 Å². The number of alkyl halides is 1. The number of carboxylic acid groups (broad SMARTS) is 3. The van der Waals surface area contributed by atoms with E-state index < -0.39 is 82.2 Å². The number of nitrogens with one attached hydrogen (secondary N) is 2. The standard InChI is InChI=1S/C26H27N5O3S.C22H25NO6S.C14H13NO4S.C14H11NO3S.C12H18N4O.C10H7NOS.C7H7NS.C3H3ClO2.ClH/c32-24(33)15-19(21-16-28-26(35-21)18-6-2-1-3-7-18)14-23-30-22(31-34-23)10-4-9-20-12-11-17-8-5-13-27-25(17)29-20;1-4-28-20(25)16-14(24)11-22(3,27)18(21(26)29-5-2)17(16)19-23-12-15(30-19)13-9-7-6-8-10-13;16-12(17)6-10(7-13(18)19)14-15-8-11(20-14)9-4-2-1-3-5-9;16-12-6-10(7-13(17)18-12)11-8-15-14(19-11)9-4-2-1-3-5-9;13-11(16-17)5-1-4-10-7-6-9-3-2-8-14-12(9)15-10;12-7-9-6-11-10(13-9)8-4-2-1-3-5-8;8-7(9)6-4-2-1-3-5-6;4-3(1-5)2-6;/h1-3,6-7,11-12,16,19H,4-5,8-10,13-15H2,(H,27,29)(H,32,33);6-10,12,16-18,27H,4-5,11H2,1-3H3;1-5,8,10H,6-7H2,(H,16,17)(H,18,19);1-5,8,10H,6-7H2;6-7,17H,1-5,8H2,(H2,13,16)(H,14,15);1-7H;1-5H,(H2,8,9);1-3H;1H. The number of pyridine rings is 2. The SMILES string of the molecule is CCOC(=O)C1C(=O)CC(C)(O)C(C(=O)OCC)C1c1ncc(-c2ccccc2)s1.Cl.N/C(CCCc1ccc2c(n1)NCCC2)=N\O.NC(=S)c1ccccc1.O=C(O)CC(CC(=O)O)c1ncc(-c2ccccc2)s1.O=C(O)CC(Cc1nc(CCCc2ccc3c(n2)NCCC3)no1)c1cnc(-c2ccccc2)s1.O=C1CC(c2cnc(-c3ccccc3)s2)CC(=O)O1.O=CC(Cl)C=O.O=Cc1cnc(-c2ccccc2)s1. The van der Waals surface area contributed by atoms with E-state index in [1.807, 2.05) is 182 Å². The molecule has 1 saturated heterocycles. The Balaban J connectivity index is 0.000000183. The lowest BCUT2D eigenvalue weighted by Gasteiger charge is -2.42. The number of thiocarbonyl (C=S) groups is 1. The van der Waals surface area contributed by atoms with Crippen LogP contribution >= 0.6 is 92.9 Å². The van der Waals surface area contributed by atoms with Gasteiger partial charge in [0.25, 0.3) is 0 Å². The molecule has 5 unspecified atom stereocenters. The van der Waals surface area contributed by atoms with Gasteiger partial charge in [0.05, 0.1) is 81.5 Å². The molecule has 8 aromatic heterocycles. The molecule has 34 nitrogen and oxygen atoms in total. The summed E-state index contributed by atoms with van der Waals surface area (Å²) in [5.74, 6) is -6.52. The number of thiazole rings is 5. The zero-order chi connectivity index (χ0) is 107. The van der Waals surface area contributed by atoms with Gasteiger partial charge >= 0.3 is 41.8 Å². The van der Waals surface area contributed by atoms with Gasteiger partial charge in [0, 0.05) is 137 Å².